The molecule has 0 unspecified atom stereocenters. The van der Waals surface area contributed by atoms with Gasteiger partial charge in [-0.25, -0.2) is 0 Å². The highest BCUT2D eigenvalue weighted by atomic mass is 32.1. The molecule has 3 nitrogen and oxygen atoms in total. The number of nitrogens with zero attached hydrogens (tertiary/aromatic N) is 3. The van der Waals surface area contributed by atoms with Crippen LogP contribution in [0.1, 0.15) is 27.9 Å². The molecule has 1 aliphatic heterocycles. The minimum Gasteiger partial charge on any atom is -0.310 e. The predicted octanol–water partition coefficient (Wildman–Crippen LogP) is 14.2. The highest BCUT2D eigenvalue weighted by Crippen LogP contribution is 2.58. The number of aliphatic imine (C=N–C) groups is 1. The summed E-state index contributed by atoms with van der Waals surface area (Å²) in [4.78, 5) is 4.91. The predicted molar refractivity (Wildman–Crippen MR) is 248 cm³/mol. The van der Waals surface area contributed by atoms with E-state index in [1.165, 1.54) is 92.3 Å². The summed E-state index contributed by atoms with van der Waals surface area (Å²) in [6.07, 6.45) is 2.82. The molecule has 0 saturated carbocycles. The Morgan fingerprint density at radius 3 is 2.07 bits per heavy atom. The number of benzene rings is 8. The zero-order chi connectivity index (χ0) is 38.7. The molecular weight excluding hydrogens is 735 g/mol. The minimum atomic E-state index is -0.468. The zero-order valence-electron chi connectivity index (χ0n) is 32.0. The van der Waals surface area contributed by atoms with Gasteiger partial charge in [-0.2, -0.15) is 0 Å². The van der Waals surface area contributed by atoms with E-state index in [1.807, 2.05) is 11.3 Å². The highest BCUT2D eigenvalue weighted by Gasteiger charge is 2.46. The molecule has 0 atom stereocenters. The number of rotatable bonds is 4. The Bertz CT molecular complexity index is 3490. The van der Waals surface area contributed by atoms with Crippen molar-refractivity contribution >= 4 is 65.3 Å². The van der Waals surface area contributed by atoms with E-state index < -0.39 is 5.41 Å². The molecule has 59 heavy (non-hydrogen) atoms. The lowest BCUT2D eigenvalue weighted by molar-refractivity contribution is 0.769. The monoisotopic (exact) mass is 769 g/mol. The largest absolute Gasteiger partial charge is 0.310 e. The highest BCUT2D eigenvalue weighted by molar-refractivity contribution is 7.26. The van der Waals surface area contributed by atoms with Crippen LogP contribution in [0.25, 0.3) is 75.7 Å². The van der Waals surface area contributed by atoms with Crippen LogP contribution in [0.5, 0.6) is 0 Å². The van der Waals surface area contributed by atoms with Crippen LogP contribution in [0.15, 0.2) is 199 Å². The van der Waals surface area contributed by atoms with Gasteiger partial charge in [-0.15, -0.1) is 11.3 Å². The van der Waals surface area contributed by atoms with Crippen molar-refractivity contribution in [3.63, 3.8) is 0 Å². The third kappa shape index (κ3) is 4.44. The number of hydrogen-bond donors (Lipinski definition) is 0. The summed E-state index contributed by atoms with van der Waals surface area (Å²) in [5.41, 5.74) is 18.0. The Kier molecular flexibility index (Phi) is 6.87. The summed E-state index contributed by atoms with van der Waals surface area (Å²) in [5.74, 6) is 0. The Morgan fingerprint density at radius 1 is 0.508 bits per heavy atom. The van der Waals surface area contributed by atoms with E-state index >= 15 is 0 Å². The SMILES string of the molecule is C1=Nc2ccccc2-n2c(c(-c3cccc(-n4c5cc6c(cc5c5sc7ccccc7c54)C(c4ccccc4)(c4ccccc4)c4ccccc4-6)c3)c3ccccc32)C1. The van der Waals surface area contributed by atoms with Crippen molar-refractivity contribution < 1.29 is 0 Å². The molecule has 0 bridgehead atoms. The first-order chi connectivity index (χ1) is 29.3. The number of fused-ring (bicyclic) bond motifs is 13. The molecule has 4 heterocycles. The molecule has 3 aromatic heterocycles. The molecule has 2 aliphatic rings. The molecule has 13 rings (SSSR count). The molecule has 0 N–H and O–H groups in total. The molecule has 0 fully saturated rings. The molecule has 8 aromatic carbocycles. The Balaban J connectivity index is 1.12. The smallest absolute Gasteiger partial charge is 0.0866 e. The van der Waals surface area contributed by atoms with Crippen molar-refractivity contribution in [2.45, 2.75) is 11.8 Å². The number of para-hydroxylation sites is 3. The molecule has 0 saturated heterocycles. The number of thiophene rings is 1. The first kappa shape index (κ1) is 32.8. The number of hydrogen-bond acceptors (Lipinski definition) is 2. The standard InChI is InChI=1S/C55H35N3S/c1-3-17-36(18-4-1)55(37-19-5-2-6-20-37)44-25-10-7-22-39(44)42-34-50-43(33-45(42)55)54-53(41-24-9-14-29-51(41)59-54)57(50)38-21-15-16-35(32-38)52-40-23-8-12-27-47(40)58-48-28-13-11-26-46(48)56-31-30-49(52)58/h1-29,31-34H,30H2. The molecule has 276 valence electrons. The van der Waals surface area contributed by atoms with Gasteiger partial charge >= 0.3 is 0 Å². The van der Waals surface area contributed by atoms with E-state index in [0.717, 1.165) is 23.5 Å². The number of aromatic nitrogens is 2. The van der Waals surface area contributed by atoms with E-state index in [4.69, 9.17) is 4.99 Å². The van der Waals surface area contributed by atoms with Crippen molar-refractivity contribution in [1.29, 1.82) is 0 Å². The maximum Gasteiger partial charge on any atom is 0.0866 e. The molecule has 4 heteroatoms. The van der Waals surface area contributed by atoms with Gasteiger partial charge in [0.15, 0.2) is 0 Å². The van der Waals surface area contributed by atoms with Crippen LogP contribution in [0.2, 0.25) is 0 Å². The van der Waals surface area contributed by atoms with Crippen LogP contribution in [0.3, 0.4) is 0 Å². The first-order valence-electron chi connectivity index (χ1n) is 20.4. The van der Waals surface area contributed by atoms with Crippen LogP contribution in [-0.2, 0) is 11.8 Å². The summed E-state index contributed by atoms with van der Waals surface area (Å²) in [7, 11) is 0. The van der Waals surface area contributed by atoms with Gasteiger partial charge in [0.05, 0.1) is 38.0 Å². The van der Waals surface area contributed by atoms with Gasteiger partial charge in [0, 0.05) is 50.4 Å². The molecule has 1 aliphatic carbocycles. The molecule has 0 spiro atoms. The maximum absolute atomic E-state index is 4.91. The Hall–Kier alpha value is -7.27. The topological polar surface area (TPSA) is 22.2 Å². The third-order valence-electron chi connectivity index (χ3n) is 12.9. The average molecular weight is 770 g/mol. The van der Waals surface area contributed by atoms with Gasteiger partial charge in [0.25, 0.3) is 0 Å². The van der Waals surface area contributed by atoms with E-state index in [9.17, 15) is 0 Å². The van der Waals surface area contributed by atoms with Crippen LogP contribution in [-0.4, -0.2) is 15.3 Å². The van der Waals surface area contributed by atoms with Gasteiger partial charge in [-0.05, 0) is 87.5 Å². The van der Waals surface area contributed by atoms with Crippen LogP contribution < -0.4 is 0 Å². The minimum absolute atomic E-state index is 0.468. The second-order valence-electron chi connectivity index (χ2n) is 15.8. The Labute approximate surface area is 345 Å². The summed E-state index contributed by atoms with van der Waals surface area (Å²) in [6.45, 7) is 0. The van der Waals surface area contributed by atoms with Crippen molar-refractivity contribution in [2.24, 2.45) is 4.99 Å². The van der Waals surface area contributed by atoms with Crippen molar-refractivity contribution in [3.8, 4) is 33.6 Å². The van der Waals surface area contributed by atoms with E-state index in [1.54, 1.807) is 0 Å². The molecule has 11 aromatic rings. The zero-order valence-corrected chi connectivity index (χ0v) is 32.8. The molecule has 0 amide bonds. The molecule has 0 radical (unpaired) electrons. The van der Waals surface area contributed by atoms with Gasteiger partial charge < -0.3 is 9.13 Å². The van der Waals surface area contributed by atoms with Crippen molar-refractivity contribution in [3.05, 3.63) is 222 Å². The summed E-state index contributed by atoms with van der Waals surface area (Å²) in [5, 5.41) is 3.81. The lowest BCUT2D eigenvalue weighted by Crippen LogP contribution is -2.28. The lowest BCUT2D eigenvalue weighted by Gasteiger charge is -2.33. The summed E-state index contributed by atoms with van der Waals surface area (Å²) in [6, 6.07) is 71.9. The third-order valence-corrected chi connectivity index (χ3v) is 14.0. The average Bonchev–Trinajstić information content (AvgIpc) is 3.97. The second kappa shape index (κ2) is 12.4. The van der Waals surface area contributed by atoms with E-state index in [-0.39, 0.29) is 0 Å². The lowest BCUT2D eigenvalue weighted by atomic mass is 9.67. The molecular formula is C55H35N3S. The van der Waals surface area contributed by atoms with Gasteiger partial charge in [0.1, 0.15) is 0 Å². The fourth-order valence-electron chi connectivity index (χ4n) is 10.5. The maximum atomic E-state index is 4.91. The summed E-state index contributed by atoms with van der Waals surface area (Å²) < 4.78 is 7.60. The van der Waals surface area contributed by atoms with Gasteiger partial charge in [-0.1, -0.05) is 146 Å². The van der Waals surface area contributed by atoms with Gasteiger partial charge in [-0.3, -0.25) is 4.99 Å². The van der Waals surface area contributed by atoms with Crippen LogP contribution in [0, 0.1) is 0 Å². The van der Waals surface area contributed by atoms with E-state index in [0.29, 0.717) is 0 Å². The summed E-state index contributed by atoms with van der Waals surface area (Å²) >= 11 is 1.91. The van der Waals surface area contributed by atoms with Gasteiger partial charge in [0.2, 0.25) is 0 Å². The van der Waals surface area contributed by atoms with Crippen molar-refractivity contribution in [1.82, 2.24) is 9.13 Å². The normalized spacial score (nSPS) is 13.8. The fourth-order valence-corrected chi connectivity index (χ4v) is 11.8. The van der Waals surface area contributed by atoms with Crippen molar-refractivity contribution in [2.75, 3.05) is 0 Å². The fraction of sp³-hybridized carbons (Fsp3) is 0.0364. The quantitative estimate of drug-likeness (QED) is 0.170. The van der Waals surface area contributed by atoms with Crippen LogP contribution in [0.4, 0.5) is 5.69 Å². The van der Waals surface area contributed by atoms with E-state index in [2.05, 4.69) is 209 Å². The second-order valence-corrected chi connectivity index (χ2v) is 16.8. The first-order valence-corrected chi connectivity index (χ1v) is 21.2. The Morgan fingerprint density at radius 2 is 1.22 bits per heavy atom. The van der Waals surface area contributed by atoms with Crippen LogP contribution >= 0.6 is 11.3 Å².